The van der Waals surface area contributed by atoms with Crippen LogP contribution in [-0.2, 0) is 23.9 Å². The van der Waals surface area contributed by atoms with Gasteiger partial charge >= 0.3 is 5.97 Å². The molecular weight excluding hydrogens is 474 g/mol. The predicted molar refractivity (Wildman–Crippen MR) is 115 cm³/mol. The van der Waals surface area contributed by atoms with Crippen LogP contribution in [0.2, 0.25) is 0 Å². The number of allylic oxidation sites excluding steroid dienone is 1. The maximum absolute atomic E-state index is 12.7. The van der Waals surface area contributed by atoms with Crippen LogP contribution in [-0.4, -0.2) is 50.9 Å². The highest BCUT2D eigenvalue weighted by Crippen LogP contribution is 2.40. The van der Waals surface area contributed by atoms with Gasteiger partial charge in [-0.1, -0.05) is 39.8 Å². The molecule has 0 fully saturated rings. The third kappa shape index (κ3) is 6.08. The number of carbonyl (C=O) groups is 3. The summed E-state index contributed by atoms with van der Waals surface area (Å²) >= 11 is 4.42. The van der Waals surface area contributed by atoms with Gasteiger partial charge in [0.15, 0.2) is 0 Å². The van der Waals surface area contributed by atoms with Crippen LogP contribution >= 0.6 is 27.7 Å². The zero-order valence-corrected chi connectivity index (χ0v) is 19.0. The molecular formula is C20H22BrN3O5S. The normalized spacial score (nSPS) is 18.4. The van der Waals surface area contributed by atoms with E-state index in [-0.39, 0.29) is 22.3 Å². The second-order valence-electron chi connectivity index (χ2n) is 6.36. The van der Waals surface area contributed by atoms with Gasteiger partial charge < -0.3 is 20.1 Å². The van der Waals surface area contributed by atoms with E-state index in [4.69, 9.17) is 9.47 Å². The van der Waals surface area contributed by atoms with Crippen molar-refractivity contribution >= 4 is 45.5 Å². The summed E-state index contributed by atoms with van der Waals surface area (Å²) in [5, 5.41) is 15.4. The average Bonchev–Trinajstić information content (AvgIpc) is 2.74. The third-order valence-electron chi connectivity index (χ3n) is 4.39. The summed E-state index contributed by atoms with van der Waals surface area (Å²) in [6.45, 7) is 1.01. The van der Waals surface area contributed by atoms with E-state index in [0.29, 0.717) is 25.1 Å². The molecule has 1 aliphatic heterocycles. The van der Waals surface area contributed by atoms with Crippen molar-refractivity contribution < 1.29 is 23.9 Å². The fourth-order valence-electron chi connectivity index (χ4n) is 3.01. The SMILES string of the molecule is COCCCNC(=O)CSC1=C(C#N)[C@@H](c2cccc(Br)c2)[C@@H](C(=O)OC)C(=O)N1. The van der Waals surface area contributed by atoms with Crippen LogP contribution in [0.3, 0.4) is 0 Å². The van der Waals surface area contributed by atoms with E-state index >= 15 is 0 Å². The zero-order chi connectivity index (χ0) is 22.1. The average molecular weight is 496 g/mol. The number of benzene rings is 1. The predicted octanol–water partition coefficient (Wildman–Crippen LogP) is 2.07. The number of nitrogens with one attached hydrogen (secondary N) is 2. The smallest absolute Gasteiger partial charge is 0.319 e. The first-order valence-electron chi connectivity index (χ1n) is 9.09. The molecule has 0 bridgehead atoms. The van der Waals surface area contributed by atoms with Crippen molar-refractivity contribution in [3.8, 4) is 6.07 Å². The maximum Gasteiger partial charge on any atom is 0.319 e. The van der Waals surface area contributed by atoms with Gasteiger partial charge in [0.2, 0.25) is 11.8 Å². The second kappa shape index (κ2) is 11.7. The van der Waals surface area contributed by atoms with Crippen LogP contribution in [0.25, 0.3) is 0 Å². The molecule has 1 aromatic carbocycles. The molecule has 8 nitrogen and oxygen atoms in total. The lowest BCUT2D eigenvalue weighted by Gasteiger charge is -2.31. The van der Waals surface area contributed by atoms with Gasteiger partial charge in [0.05, 0.1) is 29.5 Å². The van der Waals surface area contributed by atoms with E-state index < -0.39 is 23.7 Å². The molecule has 10 heteroatoms. The van der Waals surface area contributed by atoms with E-state index in [0.717, 1.165) is 16.2 Å². The van der Waals surface area contributed by atoms with Crippen molar-refractivity contribution in [3.05, 3.63) is 44.9 Å². The number of nitriles is 1. The third-order valence-corrected chi connectivity index (χ3v) is 5.90. The number of carbonyl (C=O) groups excluding carboxylic acids is 3. The Morgan fingerprint density at radius 1 is 1.37 bits per heavy atom. The van der Waals surface area contributed by atoms with Crippen LogP contribution in [0.5, 0.6) is 0 Å². The number of hydrogen-bond acceptors (Lipinski definition) is 7. The Kier molecular flexibility index (Phi) is 9.36. The van der Waals surface area contributed by atoms with Gasteiger partial charge in [-0.3, -0.25) is 14.4 Å². The highest BCUT2D eigenvalue weighted by atomic mass is 79.9. The van der Waals surface area contributed by atoms with E-state index in [2.05, 4.69) is 32.6 Å². The molecule has 0 saturated carbocycles. The first kappa shape index (κ1) is 23.9. The van der Waals surface area contributed by atoms with Gasteiger partial charge in [-0.25, -0.2) is 0 Å². The summed E-state index contributed by atoms with van der Waals surface area (Å²) in [7, 11) is 2.78. The molecule has 160 valence electrons. The molecule has 2 rings (SSSR count). The van der Waals surface area contributed by atoms with Crippen LogP contribution in [0.15, 0.2) is 39.3 Å². The lowest BCUT2D eigenvalue weighted by Crippen LogP contribution is -2.44. The van der Waals surface area contributed by atoms with Crippen LogP contribution in [0.4, 0.5) is 0 Å². The number of rotatable bonds is 9. The van der Waals surface area contributed by atoms with E-state index in [1.165, 1.54) is 7.11 Å². The number of esters is 1. The number of hydrogen-bond donors (Lipinski definition) is 2. The minimum atomic E-state index is -1.20. The highest BCUT2D eigenvalue weighted by molar-refractivity contribution is 9.10. The van der Waals surface area contributed by atoms with Crippen LogP contribution in [0, 0.1) is 17.2 Å². The van der Waals surface area contributed by atoms with Gasteiger partial charge in [0, 0.05) is 30.7 Å². The Bertz CT molecular complexity index is 883. The Hall–Kier alpha value is -2.35. The number of methoxy groups -OCH3 is 2. The zero-order valence-electron chi connectivity index (χ0n) is 16.6. The fourth-order valence-corrected chi connectivity index (χ4v) is 4.31. The fraction of sp³-hybridized carbons (Fsp3) is 0.400. The standard InChI is InChI=1S/C20H22BrN3O5S/c1-28-8-4-7-23-15(25)11-30-19-14(10-22)16(12-5-3-6-13(21)9-12)17(18(26)24-19)20(27)29-2/h3,5-6,9,16-17H,4,7-8,11H2,1-2H3,(H,23,25)(H,24,26)/t16-,17-/m1/s1. The monoisotopic (exact) mass is 495 g/mol. The first-order valence-corrected chi connectivity index (χ1v) is 10.9. The number of ether oxygens (including phenoxy) is 2. The molecule has 0 unspecified atom stereocenters. The van der Waals surface area contributed by atoms with E-state index in [1.807, 2.05) is 0 Å². The largest absolute Gasteiger partial charge is 0.468 e. The van der Waals surface area contributed by atoms with Crippen molar-refractivity contribution in [1.29, 1.82) is 5.26 Å². The Balaban J connectivity index is 2.30. The topological polar surface area (TPSA) is 118 Å². The van der Waals surface area contributed by atoms with E-state index in [1.54, 1.807) is 31.4 Å². The molecule has 0 spiro atoms. The van der Waals surface area contributed by atoms with Crippen molar-refractivity contribution in [2.24, 2.45) is 5.92 Å². The van der Waals surface area contributed by atoms with Gasteiger partial charge in [0.25, 0.3) is 0 Å². The lowest BCUT2D eigenvalue weighted by atomic mass is 9.78. The van der Waals surface area contributed by atoms with Gasteiger partial charge in [-0.05, 0) is 24.1 Å². The van der Waals surface area contributed by atoms with E-state index in [9.17, 15) is 19.6 Å². The second-order valence-corrected chi connectivity index (χ2v) is 8.26. The maximum atomic E-state index is 12.7. The molecule has 1 aliphatic rings. The Labute approximate surface area is 187 Å². The molecule has 0 radical (unpaired) electrons. The molecule has 1 aromatic rings. The minimum Gasteiger partial charge on any atom is -0.468 e. The Morgan fingerprint density at radius 3 is 2.77 bits per heavy atom. The Morgan fingerprint density at radius 2 is 2.13 bits per heavy atom. The molecule has 2 amide bonds. The summed E-state index contributed by atoms with van der Waals surface area (Å²) in [6, 6.07) is 9.17. The summed E-state index contributed by atoms with van der Waals surface area (Å²) in [4.78, 5) is 37.1. The summed E-state index contributed by atoms with van der Waals surface area (Å²) in [5.41, 5.74) is 0.827. The van der Waals surface area contributed by atoms with Gasteiger partial charge in [-0.2, -0.15) is 5.26 Å². The van der Waals surface area contributed by atoms with Crippen LogP contribution < -0.4 is 10.6 Å². The minimum absolute atomic E-state index is 0.0157. The first-order chi connectivity index (χ1) is 14.4. The van der Waals surface area contributed by atoms with Crippen molar-refractivity contribution in [3.63, 3.8) is 0 Å². The number of amides is 2. The molecule has 0 aliphatic carbocycles. The molecule has 0 aromatic heterocycles. The van der Waals surface area contributed by atoms with Crippen molar-refractivity contribution in [2.75, 3.05) is 33.1 Å². The summed E-state index contributed by atoms with van der Waals surface area (Å²) < 4.78 is 10.5. The molecule has 0 saturated heterocycles. The lowest BCUT2D eigenvalue weighted by molar-refractivity contribution is -0.150. The van der Waals surface area contributed by atoms with Crippen molar-refractivity contribution in [2.45, 2.75) is 12.3 Å². The van der Waals surface area contributed by atoms with Gasteiger partial charge in [0.1, 0.15) is 5.92 Å². The molecule has 30 heavy (non-hydrogen) atoms. The number of nitrogens with zero attached hydrogens (tertiary/aromatic N) is 1. The molecule has 1 heterocycles. The van der Waals surface area contributed by atoms with Crippen LogP contribution in [0.1, 0.15) is 17.9 Å². The molecule has 2 atom stereocenters. The molecule has 2 N–H and O–H groups in total. The number of halogens is 1. The van der Waals surface area contributed by atoms with Gasteiger partial charge in [-0.15, -0.1) is 0 Å². The number of thioether (sulfide) groups is 1. The van der Waals surface area contributed by atoms with Crippen molar-refractivity contribution in [1.82, 2.24) is 10.6 Å². The quantitative estimate of drug-likeness (QED) is 0.305. The summed E-state index contributed by atoms with van der Waals surface area (Å²) in [5.74, 6) is -3.54. The highest BCUT2D eigenvalue weighted by Gasteiger charge is 2.44. The summed E-state index contributed by atoms with van der Waals surface area (Å²) in [6.07, 6.45) is 0.682.